The maximum Gasteiger partial charge on any atom is 0.0998 e. The first-order valence-corrected chi connectivity index (χ1v) is 6.48. The molecule has 1 aliphatic carbocycles. The number of halogens is 1. The van der Waals surface area contributed by atoms with Gasteiger partial charge in [0.05, 0.1) is 23.9 Å². The van der Waals surface area contributed by atoms with Gasteiger partial charge in [-0.25, -0.2) is 4.98 Å². The molecule has 3 rings (SSSR count). The molecule has 0 bridgehead atoms. The molecule has 0 N–H and O–H groups in total. The highest BCUT2D eigenvalue weighted by Gasteiger charge is 2.17. The number of imidazole rings is 1. The first-order chi connectivity index (χ1) is 8.40. The van der Waals surface area contributed by atoms with Crippen LogP contribution in [0.4, 0.5) is 0 Å². The molecule has 2 aromatic heterocycles. The van der Waals surface area contributed by atoms with Gasteiger partial charge < -0.3 is 4.57 Å². The molecule has 17 heavy (non-hydrogen) atoms. The maximum atomic E-state index is 5.97. The molecule has 0 saturated heterocycles. The van der Waals surface area contributed by atoms with Crippen LogP contribution in [0.15, 0.2) is 24.8 Å². The van der Waals surface area contributed by atoms with Crippen molar-refractivity contribution in [2.45, 2.75) is 31.6 Å². The topological polar surface area (TPSA) is 30.7 Å². The van der Waals surface area contributed by atoms with Crippen LogP contribution in [0.5, 0.6) is 0 Å². The van der Waals surface area contributed by atoms with E-state index in [-0.39, 0.29) is 0 Å². The third-order valence-electron chi connectivity index (χ3n) is 3.32. The van der Waals surface area contributed by atoms with Crippen LogP contribution >= 0.6 is 11.6 Å². The van der Waals surface area contributed by atoms with E-state index in [0.717, 1.165) is 24.1 Å². The molecule has 0 amide bonds. The van der Waals surface area contributed by atoms with Crippen molar-refractivity contribution in [2.24, 2.45) is 0 Å². The third kappa shape index (κ3) is 1.84. The first kappa shape index (κ1) is 10.8. The number of rotatable bonds is 2. The summed E-state index contributed by atoms with van der Waals surface area (Å²) in [5.74, 6) is 0.505. The van der Waals surface area contributed by atoms with Crippen LogP contribution in [0.3, 0.4) is 0 Å². The molecule has 0 aliphatic heterocycles. The second kappa shape index (κ2) is 4.49. The Morgan fingerprint density at radius 2 is 2.18 bits per heavy atom. The van der Waals surface area contributed by atoms with Gasteiger partial charge in [-0.05, 0) is 37.3 Å². The minimum atomic E-state index is 0.505. The smallest absolute Gasteiger partial charge is 0.0998 e. The summed E-state index contributed by atoms with van der Waals surface area (Å²) in [7, 11) is 0. The highest BCUT2D eigenvalue weighted by molar-refractivity contribution is 6.17. The van der Waals surface area contributed by atoms with Gasteiger partial charge in [-0.1, -0.05) is 0 Å². The van der Waals surface area contributed by atoms with E-state index in [4.69, 9.17) is 11.6 Å². The van der Waals surface area contributed by atoms with Gasteiger partial charge in [-0.2, -0.15) is 0 Å². The molecular weight excluding hydrogens is 234 g/mol. The number of aryl methyl sites for hydroxylation is 1. The Morgan fingerprint density at radius 1 is 1.29 bits per heavy atom. The minimum absolute atomic E-state index is 0.505. The fourth-order valence-electron chi connectivity index (χ4n) is 2.42. The van der Waals surface area contributed by atoms with Crippen LogP contribution in [0.2, 0.25) is 0 Å². The Kier molecular flexibility index (Phi) is 2.85. The predicted octanol–water partition coefficient (Wildman–Crippen LogP) is 2.88. The van der Waals surface area contributed by atoms with E-state index < -0.39 is 0 Å². The van der Waals surface area contributed by atoms with Crippen molar-refractivity contribution in [2.75, 3.05) is 0 Å². The van der Waals surface area contributed by atoms with Gasteiger partial charge >= 0.3 is 0 Å². The Bertz CT molecular complexity index is 533. The third-order valence-corrected chi connectivity index (χ3v) is 3.61. The maximum absolute atomic E-state index is 5.97. The van der Waals surface area contributed by atoms with Gasteiger partial charge in [0.15, 0.2) is 0 Å². The number of hydrogen-bond donors (Lipinski definition) is 0. The second-order valence-electron chi connectivity index (χ2n) is 4.35. The molecule has 4 heteroatoms. The number of hydrogen-bond acceptors (Lipinski definition) is 2. The summed E-state index contributed by atoms with van der Waals surface area (Å²) in [5, 5.41) is 0. The average molecular weight is 248 g/mol. The number of pyridine rings is 1. The molecule has 0 radical (unpaired) electrons. The number of aromatic nitrogens is 3. The van der Waals surface area contributed by atoms with E-state index in [1.165, 1.54) is 24.2 Å². The molecule has 0 spiro atoms. The molecule has 1 aliphatic rings. The van der Waals surface area contributed by atoms with Crippen molar-refractivity contribution in [1.29, 1.82) is 0 Å². The van der Waals surface area contributed by atoms with Crippen molar-refractivity contribution >= 4 is 11.6 Å². The van der Waals surface area contributed by atoms with Crippen LogP contribution in [0.25, 0.3) is 5.69 Å². The van der Waals surface area contributed by atoms with Crippen LogP contribution < -0.4 is 0 Å². The van der Waals surface area contributed by atoms with Crippen molar-refractivity contribution in [1.82, 2.24) is 14.5 Å². The van der Waals surface area contributed by atoms with Crippen LogP contribution in [0, 0.1) is 0 Å². The van der Waals surface area contributed by atoms with Crippen molar-refractivity contribution in [3.63, 3.8) is 0 Å². The Hall–Kier alpha value is -1.35. The van der Waals surface area contributed by atoms with Gasteiger partial charge in [0.25, 0.3) is 0 Å². The fraction of sp³-hybridized carbons (Fsp3) is 0.385. The van der Waals surface area contributed by atoms with Gasteiger partial charge in [0.2, 0.25) is 0 Å². The molecule has 0 fully saturated rings. The van der Waals surface area contributed by atoms with Crippen LogP contribution in [-0.2, 0) is 18.7 Å². The average Bonchev–Trinajstić information content (AvgIpc) is 2.82. The van der Waals surface area contributed by atoms with E-state index in [0.29, 0.717) is 5.88 Å². The van der Waals surface area contributed by atoms with Crippen LogP contribution in [-0.4, -0.2) is 14.5 Å². The van der Waals surface area contributed by atoms with E-state index in [1.807, 2.05) is 18.6 Å². The largest absolute Gasteiger partial charge is 0.301 e. The summed E-state index contributed by atoms with van der Waals surface area (Å²) < 4.78 is 2.15. The minimum Gasteiger partial charge on any atom is -0.301 e. The lowest BCUT2D eigenvalue weighted by atomic mass is 10.0. The van der Waals surface area contributed by atoms with Crippen molar-refractivity contribution < 1.29 is 0 Å². The number of alkyl halides is 1. The number of nitrogens with zero attached hydrogens (tertiary/aromatic N) is 3. The quantitative estimate of drug-likeness (QED) is 0.764. The standard InChI is InChI=1S/C13H14ClN3/c14-7-10-5-6-15-8-13(10)17-9-16-11-3-1-2-4-12(11)17/h5-6,8-9H,1-4,7H2. The second-order valence-corrected chi connectivity index (χ2v) is 4.62. The van der Waals surface area contributed by atoms with Gasteiger partial charge in [-0.15, -0.1) is 11.6 Å². The molecule has 88 valence electrons. The van der Waals surface area contributed by atoms with Crippen LogP contribution in [0.1, 0.15) is 29.8 Å². The predicted molar refractivity (Wildman–Crippen MR) is 67.6 cm³/mol. The number of fused-ring (bicyclic) bond motifs is 1. The molecule has 0 atom stereocenters. The molecule has 0 aromatic carbocycles. The first-order valence-electron chi connectivity index (χ1n) is 5.94. The van der Waals surface area contributed by atoms with E-state index in [9.17, 15) is 0 Å². The normalized spacial score (nSPS) is 14.6. The molecule has 2 heterocycles. The zero-order chi connectivity index (χ0) is 11.7. The molecular formula is C13H14ClN3. The summed E-state index contributed by atoms with van der Waals surface area (Å²) in [5.41, 5.74) is 4.74. The Morgan fingerprint density at radius 3 is 3.06 bits per heavy atom. The zero-order valence-corrected chi connectivity index (χ0v) is 10.3. The fourth-order valence-corrected chi connectivity index (χ4v) is 2.65. The van der Waals surface area contributed by atoms with Gasteiger partial charge in [-0.3, -0.25) is 4.98 Å². The molecule has 2 aromatic rings. The van der Waals surface area contributed by atoms with E-state index in [2.05, 4.69) is 14.5 Å². The monoisotopic (exact) mass is 247 g/mol. The van der Waals surface area contributed by atoms with Gasteiger partial charge in [0.1, 0.15) is 0 Å². The summed E-state index contributed by atoms with van der Waals surface area (Å²) in [4.78, 5) is 8.69. The molecule has 3 nitrogen and oxygen atoms in total. The van der Waals surface area contributed by atoms with Crippen molar-refractivity contribution in [3.8, 4) is 5.69 Å². The Labute approximate surface area is 105 Å². The highest BCUT2D eigenvalue weighted by Crippen LogP contribution is 2.24. The zero-order valence-electron chi connectivity index (χ0n) is 9.56. The lowest BCUT2D eigenvalue weighted by Crippen LogP contribution is -2.08. The highest BCUT2D eigenvalue weighted by atomic mass is 35.5. The van der Waals surface area contributed by atoms with E-state index >= 15 is 0 Å². The summed E-state index contributed by atoms with van der Waals surface area (Å²) >= 11 is 5.97. The summed E-state index contributed by atoms with van der Waals surface area (Å²) in [6, 6.07) is 1.97. The SMILES string of the molecule is ClCc1ccncc1-n1cnc2c1CCCC2. The van der Waals surface area contributed by atoms with E-state index in [1.54, 1.807) is 6.20 Å². The summed E-state index contributed by atoms with van der Waals surface area (Å²) in [6.07, 6.45) is 10.3. The summed E-state index contributed by atoms with van der Waals surface area (Å²) in [6.45, 7) is 0. The van der Waals surface area contributed by atoms with Crippen molar-refractivity contribution in [3.05, 3.63) is 41.7 Å². The molecule has 0 unspecified atom stereocenters. The lowest BCUT2D eigenvalue weighted by molar-refractivity contribution is 0.655. The molecule has 0 saturated carbocycles. The van der Waals surface area contributed by atoms with Gasteiger partial charge in [0, 0.05) is 17.8 Å². The lowest BCUT2D eigenvalue weighted by Gasteiger charge is -2.15. The Balaban J connectivity index is 2.12.